The summed E-state index contributed by atoms with van der Waals surface area (Å²) >= 11 is 0. The molecule has 0 radical (unpaired) electrons. The number of nitrogens with zero attached hydrogens (tertiary/aromatic N) is 1. The number of hydrogen-bond donors (Lipinski definition) is 0. The van der Waals surface area contributed by atoms with Gasteiger partial charge in [-0.25, -0.2) is 4.79 Å². The lowest BCUT2D eigenvalue weighted by Gasteiger charge is -2.07. The van der Waals surface area contributed by atoms with Crippen LogP contribution in [0.1, 0.15) is 24.5 Å². The monoisotopic (exact) mass is 249 g/mol. The molecule has 1 fully saturated rings. The molecule has 0 spiro atoms. The van der Waals surface area contributed by atoms with E-state index in [2.05, 4.69) is 4.98 Å². The van der Waals surface area contributed by atoms with E-state index in [1.807, 2.05) is 12.1 Å². The average Bonchev–Trinajstić information content (AvgIpc) is 2.91. The molecular formula is C13H15NO4. The molecule has 18 heavy (non-hydrogen) atoms. The summed E-state index contributed by atoms with van der Waals surface area (Å²) in [6.45, 7) is 3.33. The third-order valence-corrected chi connectivity index (χ3v) is 2.37. The molecule has 0 unspecified atom stereocenters. The molecule has 0 saturated carbocycles. The highest BCUT2D eigenvalue weighted by atomic mass is 16.7. The smallest absolute Gasteiger partial charge is 0.330 e. The van der Waals surface area contributed by atoms with Crippen molar-refractivity contribution in [3.63, 3.8) is 0 Å². The Balaban J connectivity index is 1.96. The van der Waals surface area contributed by atoms with Crippen molar-refractivity contribution in [1.82, 2.24) is 4.98 Å². The number of aromatic nitrogens is 1. The van der Waals surface area contributed by atoms with Gasteiger partial charge in [0.1, 0.15) is 0 Å². The van der Waals surface area contributed by atoms with Gasteiger partial charge in [0.05, 0.1) is 25.5 Å². The third-order valence-electron chi connectivity index (χ3n) is 2.37. The van der Waals surface area contributed by atoms with Crippen LogP contribution in [0.3, 0.4) is 0 Å². The van der Waals surface area contributed by atoms with Gasteiger partial charge in [0.25, 0.3) is 0 Å². The van der Waals surface area contributed by atoms with Gasteiger partial charge in [-0.05, 0) is 24.6 Å². The van der Waals surface area contributed by atoms with Crippen LogP contribution in [-0.4, -0.2) is 30.8 Å². The number of rotatable bonds is 4. The van der Waals surface area contributed by atoms with Crippen molar-refractivity contribution >= 4 is 12.0 Å². The molecule has 0 bridgehead atoms. The van der Waals surface area contributed by atoms with Gasteiger partial charge >= 0.3 is 5.97 Å². The largest absolute Gasteiger partial charge is 0.463 e. The normalized spacial score (nSPS) is 16.3. The minimum absolute atomic E-state index is 0.357. The van der Waals surface area contributed by atoms with Crippen LogP contribution < -0.4 is 0 Å². The summed E-state index contributed by atoms with van der Waals surface area (Å²) in [5, 5.41) is 0. The van der Waals surface area contributed by atoms with Crippen molar-refractivity contribution in [2.75, 3.05) is 19.8 Å². The van der Waals surface area contributed by atoms with E-state index in [9.17, 15) is 4.79 Å². The highest BCUT2D eigenvalue weighted by Gasteiger charge is 2.18. The molecule has 0 aliphatic carbocycles. The quantitative estimate of drug-likeness (QED) is 0.600. The van der Waals surface area contributed by atoms with E-state index in [-0.39, 0.29) is 12.3 Å². The van der Waals surface area contributed by atoms with Gasteiger partial charge < -0.3 is 14.2 Å². The minimum atomic E-state index is -0.368. The first-order valence-corrected chi connectivity index (χ1v) is 5.83. The first-order valence-electron chi connectivity index (χ1n) is 5.83. The molecule has 2 rings (SSSR count). The summed E-state index contributed by atoms with van der Waals surface area (Å²) in [7, 11) is 0. The van der Waals surface area contributed by atoms with Crippen molar-refractivity contribution in [2.24, 2.45) is 0 Å². The minimum Gasteiger partial charge on any atom is -0.463 e. The summed E-state index contributed by atoms with van der Waals surface area (Å²) in [6, 6.07) is 3.67. The number of hydrogen-bond acceptors (Lipinski definition) is 5. The fourth-order valence-corrected chi connectivity index (χ4v) is 1.54. The Kier molecular flexibility index (Phi) is 4.44. The van der Waals surface area contributed by atoms with E-state index in [0.29, 0.717) is 19.8 Å². The molecule has 0 amide bonds. The Morgan fingerprint density at radius 1 is 1.50 bits per heavy atom. The maximum atomic E-state index is 11.1. The molecule has 1 aliphatic rings. The summed E-state index contributed by atoms with van der Waals surface area (Å²) in [5.74, 6) is -0.357. The van der Waals surface area contributed by atoms with Crippen LogP contribution in [0.25, 0.3) is 6.08 Å². The molecule has 2 heterocycles. The van der Waals surface area contributed by atoms with E-state index in [1.54, 1.807) is 19.2 Å². The summed E-state index contributed by atoms with van der Waals surface area (Å²) in [5.41, 5.74) is 1.56. The highest BCUT2D eigenvalue weighted by Crippen LogP contribution is 2.21. The van der Waals surface area contributed by atoms with Crippen molar-refractivity contribution in [3.05, 3.63) is 35.7 Å². The van der Waals surface area contributed by atoms with Crippen LogP contribution in [0.4, 0.5) is 0 Å². The Morgan fingerprint density at radius 2 is 2.28 bits per heavy atom. The molecular weight excluding hydrogens is 234 g/mol. The van der Waals surface area contributed by atoms with E-state index >= 15 is 0 Å². The molecule has 1 aliphatic heterocycles. The molecule has 1 aromatic heterocycles. The van der Waals surface area contributed by atoms with Crippen molar-refractivity contribution in [3.8, 4) is 0 Å². The van der Waals surface area contributed by atoms with Gasteiger partial charge in [-0.1, -0.05) is 6.07 Å². The summed E-state index contributed by atoms with van der Waals surface area (Å²) < 4.78 is 15.4. The zero-order valence-corrected chi connectivity index (χ0v) is 10.2. The lowest BCUT2D eigenvalue weighted by molar-refractivity contribution is -0.137. The SMILES string of the molecule is CCOC(=O)C=Cc1ccc(C2OCCO2)nc1. The lowest BCUT2D eigenvalue weighted by atomic mass is 10.2. The van der Waals surface area contributed by atoms with Gasteiger partial charge in [0, 0.05) is 12.3 Å². The van der Waals surface area contributed by atoms with Crippen LogP contribution in [0.15, 0.2) is 24.4 Å². The molecule has 0 N–H and O–H groups in total. The summed E-state index contributed by atoms with van der Waals surface area (Å²) in [6.07, 6.45) is 4.33. The predicted molar refractivity (Wildman–Crippen MR) is 64.5 cm³/mol. The summed E-state index contributed by atoms with van der Waals surface area (Å²) in [4.78, 5) is 15.4. The fraction of sp³-hybridized carbons (Fsp3) is 0.385. The molecule has 96 valence electrons. The Bertz CT molecular complexity index is 421. The molecule has 1 saturated heterocycles. The Labute approximate surface area is 105 Å². The Morgan fingerprint density at radius 3 is 2.89 bits per heavy atom. The molecule has 0 atom stereocenters. The topological polar surface area (TPSA) is 57.7 Å². The van der Waals surface area contributed by atoms with E-state index < -0.39 is 0 Å². The highest BCUT2D eigenvalue weighted by molar-refractivity contribution is 5.86. The zero-order chi connectivity index (χ0) is 12.8. The van der Waals surface area contributed by atoms with Gasteiger partial charge in [-0.3, -0.25) is 4.98 Å². The van der Waals surface area contributed by atoms with Crippen LogP contribution in [0.2, 0.25) is 0 Å². The molecule has 5 heteroatoms. The van der Waals surface area contributed by atoms with E-state index in [1.165, 1.54) is 6.08 Å². The van der Waals surface area contributed by atoms with Crippen LogP contribution in [-0.2, 0) is 19.0 Å². The van der Waals surface area contributed by atoms with Crippen molar-refractivity contribution in [1.29, 1.82) is 0 Å². The maximum Gasteiger partial charge on any atom is 0.330 e. The predicted octanol–water partition coefficient (Wildman–Crippen LogP) is 1.70. The van der Waals surface area contributed by atoms with Crippen molar-refractivity contribution in [2.45, 2.75) is 13.2 Å². The van der Waals surface area contributed by atoms with Crippen LogP contribution in [0.5, 0.6) is 0 Å². The first-order chi connectivity index (χ1) is 8.79. The van der Waals surface area contributed by atoms with Crippen LogP contribution in [0, 0.1) is 0 Å². The van der Waals surface area contributed by atoms with Gasteiger partial charge in [-0.15, -0.1) is 0 Å². The second kappa shape index (κ2) is 6.28. The van der Waals surface area contributed by atoms with Gasteiger partial charge in [-0.2, -0.15) is 0 Å². The van der Waals surface area contributed by atoms with Crippen LogP contribution >= 0.6 is 0 Å². The number of carbonyl (C=O) groups excluding carboxylic acids is 1. The van der Waals surface area contributed by atoms with E-state index in [4.69, 9.17) is 14.2 Å². The number of carbonyl (C=O) groups is 1. The number of ether oxygens (including phenoxy) is 3. The van der Waals surface area contributed by atoms with E-state index in [0.717, 1.165) is 11.3 Å². The second-order valence-electron chi connectivity index (χ2n) is 3.68. The Hall–Kier alpha value is -1.72. The zero-order valence-electron chi connectivity index (χ0n) is 10.2. The second-order valence-corrected chi connectivity index (χ2v) is 3.68. The lowest BCUT2D eigenvalue weighted by Crippen LogP contribution is -2.01. The van der Waals surface area contributed by atoms with Crippen molar-refractivity contribution < 1.29 is 19.0 Å². The number of pyridine rings is 1. The number of esters is 1. The first kappa shape index (κ1) is 12.7. The average molecular weight is 249 g/mol. The molecule has 0 aromatic carbocycles. The standard InChI is InChI=1S/C13H15NO4/c1-2-16-12(15)6-4-10-3-5-11(14-9-10)13-17-7-8-18-13/h3-6,9,13H,2,7-8H2,1H3. The molecule has 5 nitrogen and oxygen atoms in total. The molecule has 1 aromatic rings. The maximum absolute atomic E-state index is 11.1. The third kappa shape index (κ3) is 3.38. The van der Waals surface area contributed by atoms with Gasteiger partial charge in [0.15, 0.2) is 0 Å². The fourth-order valence-electron chi connectivity index (χ4n) is 1.54. The van der Waals surface area contributed by atoms with Gasteiger partial charge in [0.2, 0.25) is 6.29 Å².